The first-order valence-electron chi connectivity index (χ1n) is 8.30. The molecule has 122 valence electrons. The van der Waals surface area contributed by atoms with E-state index >= 15 is 0 Å². The smallest absolute Gasteiger partial charge is 0.251 e. The minimum absolute atomic E-state index is 0.0491. The molecule has 0 spiro atoms. The number of benzene rings is 1. The zero-order valence-electron chi connectivity index (χ0n) is 13.3. The highest BCUT2D eigenvalue weighted by molar-refractivity contribution is 5.94. The first-order valence-corrected chi connectivity index (χ1v) is 8.30. The van der Waals surface area contributed by atoms with Crippen LogP contribution in [0.5, 0.6) is 0 Å². The van der Waals surface area contributed by atoms with Crippen LogP contribution in [0.25, 0.3) is 0 Å². The van der Waals surface area contributed by atoms with Gasteiger partial charge in [0.2, 0.25) is 0 Å². The lowest BCUT2D eigenvalue weighted by Gasteiger charge is -2.22. The summed E-state index contributed by atoms with van der Waals surface area (Å²) in [4.78, 5) is 18.6. The molecule has 1 aliphatic heterocycles. The van der Waals surface area contributed by atoms with Gasteiger partial charge in [0.25, 0.3) is 5.91 Å². The lowest BCUT2D eigenvalue weighted by molar-refractivity contribution is 0.0954. The minimum Gasteiger partial charge on any atom is -0.372 e. The standard InChI is InChI=1S/C17H23N5O/c23-17(18-10-9-16-19-13-20-21-16)14-5-7-15(8-6-14)22-11-3-1-2-4-12-22/h5-8,13H,1-4,9-12H2,(H,18,23)(H,19,20,21). The van der Waals surface area contributed by atoms with Crippen LogP contribution in [0.15, 0.2) is 30.6 Å². The molecule has 6 nitrogen and oxygen atoms in total. The van der Waals surface area contributed by atoms with E-state index in [1.807, 2.05) is 12.1 Å². The molecule has 6 heteroatoms. The van der Waals surface area contributed by atoms with Crippen molar-refractivity contribution in [1.29, 1.82) is 0 Å². The summed E-state index contributed by atoms with van der Waals surface area (Å²) in [6, 6.07) is 7.92. The molecule has 0 aliphatic carbocycles. The quantitative estimate of drug-likeness (QED) is 0.887. The predicted octanol–water partition coefficient (Wildman–Crippen LogP) is 2.16. The third-order valence-corrected chi connectivity index (χ3v) is 4.21. The Balaban J connectivity index is 1.52. The van der Waals surface area contributed by atoms with Crippen LogP contribution in [-0.2, 0) is 6.42 Å². The lowest BCUT2D eigenvalue weighted by atomic mass is 10.1. The van der Waals surface area contributed by atoms with Gasteiger partial charge in [0.1, 0.15) is 12.2 Å². The SMILES string of the molecule is O=C(NCCc1ncn[nH]1)c1ccc(N2CCCCCC2)cc1. The summed E-state index contributed by atoms with van der Waals surface area (Å²) in [6.45, 7) is 2.77. The van der Waals surface area contributed by atoms with E-state index in [0.717, 1.165) is 18.9 Å². The molecule has 2 N–H and O–H groups in total. The summed E-state index contributed by atoms with van der Waals surface area (Å²) < 4.78 is 0. The second-order valence-corrected chi connectivity index (χ2v) is 5.89. The van der Waals surface area contributed by atoms with Gasteiger partial charge in [0.15, 0.2) is 0 Å². The summed E-state index contributed by atoms with van der Waals surface area (Å²) in [5.41, 5.74) is 1.91. The van der Waals surface area contributed by atoms with E-state index in [2.05, 4.69) is 37.5 Å². The zero-order chi connectivity index (χ0) is 15.9. The molecule has 1 amide bonds. The van der Waals surface area contributed by atoms with E-state index in [1.165, 1.54) is 37.7 Å². The van der Waals surface area contributed by atoms with Crippen molar-refractivity contribution in [2.75, 3.05) is 24.5 Å². The Morgan fingerprint density at radius 2 is 1.87 bits per heavy atom. The van der Waals surface area contributed by atoms with Crippen molar-refractivity contribution in [3.05, 3.63) is 42.0 Å². The molecule has 2 heterocycles. The van der Waals surface area contributed by atoms with Gasteiger partial charge in [0, 0.05) is 37.3 Å². The number of carbonyl (C=O) groups is 1. The van der Waals surface area contributed by atoms with Gasteiger partial charge in [-0.25, -0.2) is 4.98 Å². The Kier molecular flexibility index (Phi) is 5.24. The van der Waals surface area contributed by atoms with Gasteiger partial charge in [-0.05, 0) is 37.1 Å². The highest BCUT2D eigenvalue weighted by Crippen LogP contribution is 2.19. The lowest BCUT2D eigenvalue weighted by Crippen LogP contribution is -2.26. The number of H-pyrrole nitrogens is 1. The van der Waals surface area contributed by atoms with E-state index < -0.39 is 0 Å². The predicted molar refractivity (Wildman–Crippen MR) is 89.5 cm³/mol. The maximum Gasteiger partial charge on any atom is 0.251 e. The molecule has 1 aromatic carbocycles. The highest BCUT2D eigenvalue weighted by atomic mass is 16.1. The Hall–Kier alpha value is -2.37. The number of aromatic amines is 1. The second kappa shape index (κ2) is 7.76. The first-order chi connectivity index (χ1) is 11.3. The number of anilines is 1. The molecule has 3 rings (SSSR count). The van der Waals surface area contributed by atoms with Crippen molar-refractivity contribution < 1.29 is 4.79 Å². The summed E-state index contributed by atoms with van der Waals surface area (Å²) >= 11 is 0. The summed E-state index contributed by atoms with van der Waals surface area (Å²) in [7, 11) is 0. The average Bonchev–Trinajstić information content (AvgIpc) is 2.95. The molecular formula is C17H23N5O. The van der Waals surface area contributed by atoms with E-state index in [9.17, 15) is 4.79 Å². The summed E-state index contributed by atoms with van der Waals surface area (Å²) in [5.74, 6) is 0.730. The van der Waals surface area contributed by atoms with Gasteiger partial charge in [-0.2, -0.15) is 5.10 Å². The Bertz CT molecular complexity index is 600. The number of aromatic nitrogens is 3. The molecule has 1 aliphatic rings. The molecule has 1 fully saturated rings. The number of hydrogen-bond donors (Lipinski definition) is 2. The van der Waals surface area contributed by atoms with Crippen LogP contribution >= 0.6 is 0 Å². The minimum atomic E-state index is -0.0491. The molecule has 1 aromatic heterocycles. The fraction of sp³-hybridized carbons (Fsp3) is 0.471. The second-order valence-electron chi connectivity index (χ2n) is 5.89. The first kappa shape index (κ1) is 15.5. The van der Waals surface area contributed by atoms with Crippen LogP contribution in [0, 0.1) is 0 Å². The van der Waals surface area contributed by atoms with Crippen molar-refractivity contribution >= 4 is 11.6 Å². The number of hydrogen-bond acceptors (Lipinski definition) is 4. The van der Waals surface area contributed by atoms with Crippen molar-refractivity contribution in [1.82, 2.24) is 20.5 Å². The van der Waals surface area contributed by atoms with Crippen molar-refractivity contribution in [2.24, 2.45) is 0 Å². The van der Waals surface area contributed by atoms with Gasteiger partial charge in [-0.15, -0.1) is 0 Å². The zero-order valence-corrected chi connectivity index (χ0v) is 13.3. The van der Waals surface area contributed by atoms with Crippen molar-refractivity contribution in [3.8, 4) is 0 Å². The molecule has 0 unspecified atom stereocenters. The maximum atomic E-state index is 12.1. The van der Waals surface area contributed by atoms with Crippen LogP contribution in [0.4, 0.5) is 5.69 Å². The fourth-order valence-electron chi connectivity index (χ4n) is 2.90. The Morgan fingerprint density at radius 1 is 1.13 bits per heavy atom. The van der Waals surface area contributed by atoms with Crippen LogP contribution in [0.3, 0.4) is 0 Å². The fourth-order valence-corrected chi connectivity index (χ4v) is 2.90. The topological polar surface area (TPSA) is 73.9 Å². The Morgan fingerprint density at radius 3 is 2.52 bits per heavy atom. The molecule has 0 saturated carbocycles. The number of amides is 1. The van der Waals surface area contributed by atoms with Gasteiger partial charge < -0.3 is 10.2 Å². The highest BCUT2D eigenvalue weighted by Gasteiger charge is 2.11. The van der Waals surface area contributed by atoms with Crippen LogP contribution in [0.1, 0.15) is 41.9 Å². The van der Waals surface area contributed by atoms with Gasteiger partial charge >= 0.3 is 0 Å². The third kappa shape index (κ3) is 4.31. The normalized spacial score (nSPS) is 15.2. The molecule has 1 saturated heterocycles. The third-order valence-electron chi connectivity index (χ3n) is 4.21. The van der Waals surface area contributed by atoms with Crippen molar-refractivity contribution in [2.45, 2.75) is 32.1 Å². The number of rotatable bonds is 5. The van der Waals surface area contributed by atoms with E-state index in [-0.39, 0.29) is 5.91 Å². The largest absolute Gasteiger partial charge is 0.372 e. The van der Waals surface area contributed by atoms with Gasteiger partial charge in [-0.1, -0.05) is 12.8 Å². The molecule has 0 bridgehead atoms. The maximum absolute atomic E-state index is 12.1. The number of carbonyl (C=O) groups excluding carboxylic acids is 1. The molecule has 0 atom stereocenters. The van der Waals surface area contributed by atoms with E-state index in [1.54, 1.807) is 0 Å². The average molecular weight is 313 g/mol. The van der Waals surface area contributed by atoms with Crippen molar-refractivity contribution in [3.63, 3.8) is 0 Å². The van der Waals surface area contributed by atoms with E-state index in [0.29, 0.717) is 18.5 Å². The van der Waals surface area contributed by atoms with Crippen LogP contribution < -0.4 is 10.2 Å². The summed E-state index contributed by atoms with van der Waals surface area (Å²) in [5, 5.41) is 9.47. The molecule has 2 aromatic rings. The van der Waals surface area contributed by atoms with Gasteiger partial charge in [0.05, 0.1) is 0 Å². The van der Waals surface area contributed by atoms with Crippen LogP contribution in [-0.4, -0.2) is 40.7 Å². The van der Waals surface area contributed by atoms with E-state index in [4.69, 9.17) is 0 Å². The van der Waals surface area contributed by atoms with Gasteiger partial charge in [-0.3, -0.25) is 9.89 Å². The Labute approximate surface area is 136 Å². The number of nitrogens with one attached hydrogen (secondary N) is 2. The molecular weight excluding hydrogens is 290 g/mol. The summed E-state index contributed by atoms with van der Waals surface area (Å²) in [6.07, 6.45) is 7.27. The number of nitrogens with zero attached hydrogens (tertiary/aromatic N) is 3. The van der Waals surface area contributed by atoms with Crippen LogP contribution in [0.2, 0.25) is 0 Å². The monoisotopic (exact) mass is 313 g/mol. The molecule has 0 radical (unpaired) electrons. The molecule has 23 heavy (non-hydrogen) atoms.